The Morgan fingerprint density at radius 2 is 2.20 bits per heavy atom. The molecule has 15 heavy (non-hydrogen) atoms. The monoisotopic (exact) mass is 215 g/mol. The molecule has 0 spiro atoms. The van der Waals surface area contributed by atoms with E-state index in [-0.39, 0.29) is 0 Å². The first kappa shape index (κ1) is 9.18. The van der Waals surface area contributed by atoms with Gasteiger partial charge in [-0.25, -0.2) is 0 Å². The van der Waals surface area contributed by atoms with E-state index in [0.29, 0.717) is 21.4 Å². The first-order chi connectivity index (χ1) is 7.36. The Morgan fingerprint density at radius 3 is 3.13 bits per heavy atom. The molecule has 0 aromatic heterocycles. The molecule has 0 saturated carbocycles. The number of fused-ring (bicyclic) bond motifs is 2. The van der Waals surface area contributed by atoms with Crippen LogP contribution >= 0.6 is 0 Å². The molecule has 3 rings (SSSR count). The summed E-state index contributed by atoms with van der Waals surface area (Å²) in [5.41, 5.74) is 2.34. The van der Waals surface area contributed by atoms with Gasteiger partial charge in [0.15, 0.2) is 9.68 Å². The Bertz CT molecular complexity index is 427. The van der Waals surface area contributed by atoms with E-state index in [9.17, 15) is 5.11 Å². The molecular formula is C12H13NOSi. The number of hydrogen-bond donors (Lipinski definition) is 2. The third-order valence-corrected chi connectivity index (χ3v) is 4.58. The molecule has 1 aliphatic heterocycles. The molecule has 2 nitrogen and oxygen atoms in total. The Balaban J connectivity index is 2.12. The Kier molecular flexibility index (Phi) is 2.15. The number of allylic oxidation sites excluding steroid dienone is 1. The van der Waals surface area contributed by atoms with E-state index < -0.39 is 0 Å². The van der Waals surface area contributed by atoms with E-state index >= 15 is 0 Å². The van der Waals surface area contributed by atoms with E-state index in [1.165, 1.54) is 10.8 Å². The van der Waals surface area contributed by atoms with E-state index in [2.05, 4.69) is 17.1 Å². The largest absolute Gasteiger partial charge is 0.508 e. The van der Waals surface area contributed by atoms with Gasteiger partial charge in [-0.3, -0.25) is 0 Å². The molecule has 1 fully saturated rings. The van der Waals surface area contributed by atoms with Crippen molar-refractivity contribution in [2.45, 2.75) is 12.8 Å². The first-order valence-corrected chi connectivity index (χ1v) is 6.36. The van der Waals surface area contributed by atoms with Crippen molar-refractivity contribution in [3.8, 4) is 0 Å². The van der Waals surface area contributed by atoms with Crippen LogP contribution in [0.15, 0.2) is 29.5 Å². The summed E-state index contributed by atoms with van der Waals surface area (Å²) >= 11 is 0. The van der Waals surface area contributed by atoms with Gasteiger partial charge in [0.1, 0.15) is 5.76 Å². The van der Waals surface area contributed by atoms with Gasteiger partial charge in [-0.15, -0.1) is 0 Å². The lowest BCUT2D eigenvalue weighted by Crippen LogP contribution is -2.36. The second-order valence-corrected chi connectivity index (χ2v) is 5.30. The van der Waals surface area contributed by atoms with Crippen LogP contribution in [-0.4, -0.2) is 21.3 Å². The molecule has 1 saturated heterocycles. The number of hydrogen-bond acceptors (Lipinski definition) is 2. The molecule has 0 amide bonds. The average molecular weight is 215 g/mol. The number of benzene rings is 1. The number of aliphatic hydroxyl groups excluding tert-OH is 1. The molecule has 1 aliphatic carbocycles. The summed E-state index contributed by atoms with van der Waals surface area (Å²) in [5.74, 6) is 1.10. The van der Waals surface area contributed by atoms with Crippen LogP contribution in [0, 0.1) is 5.92 Å². The zero-order chi connectivity index (χ0) is 10.3. The molecule has 1 atom stereocenters. The smallest absolute Gasteiger partial charge is 0.179 e. The summed E-state index contributed by atoms with van der Waals surface area (Å²) in [5, 5.41) is 11.4. The molecule has 76 valence electrons. The molecule has 2 radical (unpaired) electrons. The molecule has 3 heteroatoms. The van der Waals surface area contributed by atoms with Crippen LogP contribution in [0.1, 0.15) is 17.5 Å². The molecule has 2 N–H and O–H groups in total. The SMILES string of the molecule is OC1=C2[Si]NCCC2Cc2ccccc21. The van der Waals surface area contributed by atoms with Crippen LogP contribution in [0.25, 0.3) is 5.76 Å². The van der Waals surface area contributed by atoms with Crippen molar-refractivity contribution in [2.24, 2.45) is 5.92 Å². The lowest BCUT2D eigenvalue weighted by Gasteiger charge is -2.31. The van der Waals surface area contributed by atoms with Gasteiger partial charge in [0, 0.05) is 5.56 Å². The molecule has 0 bridgehead atoms. The molecule has 1 aromatic rings. The van der Waals surface area contributed by atoms with Gasteiger partial charge in [-0.2, -0.15) is 0 Å². The van der Waals surface area contributed by atoms with Gasteiger partial charge in [0.2, 0.25) is 0 Å². The lowest BCUT2D eigenvalue weighted by molar-refractivity contribution is 0.469. The summed E-state index contributed by atoms with van der Waals surface area (Å²) in [6.07, 6.45) is 2.25. The number of nitrogens with one attached hydrogen (secondary N) is 1. The average Bonchev–Trinajstić information content (AvgIpc) is 2.30. The van der Waals surface area contributed by atoms with Crippen molar-refractivity contribution < 1.29 is 5.11 Å². The number of aliphatic hydroxyl groups is 1. The van der Waals surface area contributed by atoms with Crippen molar-refractivity contribution in [3.05, 3.63) is 40.6 Å². The highest BCUT2D eigenvalue weighted by Crippen LogP contribution is 2.35. The van der Waals surface area contributed by atoms with E-state index in [1.54, 1.807) is 0 Å². The Labute approximate surface area is 91.9 Å². The molecule has 1 heterocycles. The topological polar surface area (TPSA) is 32.3 Å². The van der Waals surface area contributed by atoms with Crippen LogP contribution in [0.2, 0.25) is 0 Å². The lowest BCUT2D eigenvalue weighted by atomic mass is 9.86. The van der Waals surface area contributed by atoms with E-state index in [4.69, 9.17) is 0 Å². The zero-order valence-corrected chi connectivity index (χ0v) is 9.46. The summed E-state index contributed by atoms with van der Waals surface area (Å²) in [7, 11) is 0.603. The summed E-state index contributed by atoms with van der Waals surface area (Å²) in [4.78, 5) is 3.36. The Hall–Kier alpha value is -1.06. The highest BCUT2D eigenvalue weighted by atomic mass is 28.2. The van der Waals surface area contributed by atoms with Gasteiger partial charge in [0.05, 0.1) is 0 Å². The highest BCUT2D eigenvalue weighted by Gasteiger charge is 2.29. The summed E-state index contributed by atoms with van der Waals surface area (Å²) in [6, 6.07) is 8.20. The van der Waals surface area contributed by atoms with Crippen molar-refractivity contribution in [1.82, 2.24) is 4.98 Å². The van der Waals surface area contributed by atoms with Gasteiger partial charge in [-0.1, -0.05) is 24.3 Å². The van der Waals surface area contributed by atoms with E-state index in [0.717, 1.165) is 24.9 Å². The van der Waals surface area contributed by atoms with Gasteiger partial charge >= 0.3 is 0 Å². The summed E-state index contributed by atoms with van der Waals surface area (Å²) in [6.45, 7) is 1.09. The molecule has 1 unspecified atom stereocenters. The molecule has 2 aliphatic rings. The quantitative estimate of drug-likeness (QED) is 0.646. The second-order valence-electron chi connectivity index (χ2n) is 4.16. The van der Waals surface area contributed by atoms with Crippen LogP contribution in [0.4, 0.5) is 0 Å². The minimum Gasteiger partial charge on any atom is -0.508 e. The van der Waals surface area contributed by atoms with Crippen LogP contribution in [0.3, 0.4) is 0 Å². The minimum absolute atomic E-state index is 0.535. The van der Waals surface area contributed by atoms with Crippen molar-refractivity contribution in [2.75, 3.05) is 6.54 Å². The third-order valence-electron chi connectivity index (χ3n) is 3.24. The van der Waals surface area contributed by atoms with Crippen LogP contribution in [-0.2, 0) is 6.42 Å². The first-order valence-electron chi connectivity index (χ1n) is 5.36. The highest BCUT2D eigenvalue weighted by molar-refractivity contribution is 6.45. The van der Waals surface area contributed by atoms with Gasteiger partial charge in [-0.05, 0) is 36.1 Å². The van der Waals surface area contributed by atoms with Crippen molar-refractivity contribution >= 4 is 15.4 Å². The fourth-order valence-corrected chi connectivity index (χ4v) is 3.61. The third kappa shape index (κ3) is 1.43. The minimum atomic E-state index is 0.535. The van der Waals surface area contributed by atoms with Crippen molar-refractivity contribution in [3.63, 3.8) is 0 Å². The molecule has 1 aromatic carbocycles. The van der Waals surface area contributed by atoms with Crippen molar-refractivity contribution in [1.29, 1.82) is 0 Å². The van der Waals surface area contributed by atoms with Crippen LogP contribution < -0.4 is 4.98 Å². The van der Waals surface area contributed by atoms with Gasteiger partial charge in [0.25, 0.3) is 0 Å². The fourth-order valence-electron chi connectivity index (χ4n) is 2.45. The number of rotatable bonds is 0. The summed E-state index contributed by atoms with van der Waals surface area (Å²) < 4.78 is 0. The maximum Gasteiger partial charge on any atom is 0.179 e. The maximum atomic E-state index is 10.2. The zero-order valence-electron chi connectivity index (χ0n) is 8.46. The predicted octanol–water partition coefficient (Wildman–Crippen LogP) is 1.70. The standard InChI is InChI=1S/C12H13NOSi/c14-11-10-4-2-1-3-8(10)7-9-5-6-13-15-12(9)11/h1-4,9,13-14H,5-7H2. The molecular weight excluding hydrogens is 202 g/mol. The van der Waals surface area contributed by atoms with Gasteiger partial charge < -0.3 is 10.1 Å². The van der Waals surface area contributed by atoms with Crippen LogP contribution in [0.5, 0.6) is 0 Å². The Morgan fingerprint density at radius 1 is 1.33 bits per heavy atom. The maximum absolute atomic E-state index is 10.2. The van der Waals surface area contributed by atoms with E-state index in [1.807, 2.05) is 12.1 Å². The fraction of sp³-hybridized carbons (Fsp3) is 0.333. The predicted molar refractivity (Wildman–Crippen MR) is 61.6 cm³/mol. The normalized spacial score (nSPS) is 24.7. The second kappa shape index (κ2) is 3.50.